The Bertz CT molecular complexity index is 464. The van der Waals surface area contributed by atoms with E-state index in [-0.39, 0.29) is 0 Å². The van der Waals surface area contributed by atoms with Gasteiger partial charge in [0, 0.05) is 28.8 Å². The van der Waals surface area contributed by atoms with E-state index in [0.29, 0.717) is 0 Å². The average molecular weight is 399 g/mol. The molecule has 1 aromatic carbocycles. The predicted molar refractivity (Wildman–Crippen MR) is 79.0 cm³/mol. The Balaban J connectivity index is 2.71. The third-order valence-corrected chi connectivity index (χ3v) is 5.42. The smallest absolute Gasteiger partial charge is 0.0377 e. The molecule has 1 aromatic heterocycles. The molecule has 0 atom stereocenters. The van der Waals surface area contributed by atoms with E-state index in [4.69, 9.17) is 0 Å². The second-order valence-electron chi connectivity index (χ2n) is 2.87. The van der Waals surface area contributed by atoms with Crippen molar-refractivity contribution in [2.75, 3.05) is 6.26 Å². The summed E-state index contributed by atoms with van der Waals surface area (Å²) < 4.78 is 2.72. The maximum atomic E-state index is 3.50. The summed E-state index contributed by atoms with van der Waals surface area (Å²) in [5, 5.41) is 2.36. The summed E-state index contributed by atoms with van der Waals surface area (Å²) in [5.41, 5.74) is 0. The molecular weight excluding hydrogens is 391 g/mol. The standard InChI is InChI=1S/C10H8BrIS2/c1-13-9-2-6(12)3-10-8(9)4-7(5-11)14-10/h2-4H,5H2,1H3. The second-order valence-corrected chi connectivity index (χ2v) is 6.69. The second kappa shape index (κ2) is 4.72. The van der Waals surface area contributed by atoms with E-state index >= 15 is 0 Å². The predicted octanol–water partition coefficient (Wildman–Crippen LogP) is 5.12. The zero-order chi connectivity index (χ0) is 10.1. The van der Waals surface area contributed by atoms with Gasteiger partial charge in [-0.25, -0.2) is 0 Å². The van der Waals surface area contributed by atoms with Gasteiger partial charge < -0.3 is 0 Å². The molecule has 0 aliphatic heterocycles. The summed E-state index contributed by atoms with van der Waals surface area (Å²) in [6.07, 6.45) is 2.14. The Labute approximate surface area is 114 Å². The number of thiophene rings is 1. The van der Waals surface area contributed by atoms with Crippen molar-refractivity contribution < 1.29 is 0 Å². The molecule has 0 radical (unpaired) electrons. The van der Waals surface area contributed by atoms with E-state index in [0.717, 1.165) is 5.33 Å². The highest BCUT2D eigenvalue weighted by molar-refractivity contribution is 14.1. The summed E-state index contributed by atoms with van der Waals surface area (Å²) in [7, 11) is 0. The molecule has 2 rings (SSSR count). The van der Waals surface area contributed by atoms with Crippen LogP contribution in [0.1, 0.15) is 4.88 Å². The van der Waals surface area contributed by atoms with Crippen molar-refractivity contribution in [2.45, 2.75) is 10.2 Å². The zero-order valence-electron chi connectivity index (χ0n) is 7.51. The van der Waals surface area contributed by atoms with Gasteiger partial charge in [-0.15, -0.1) is 23.1 Å². The van der Waals surface area contributed by atoms with E-state index in [1.54, 1.807) is 0 Å². The molecule has 4 heteroatoms. The molecule has 74 valence electrons. The van der Waals surface area contributed by atoms with Crippen molar-refractivity contribution >= 4 is 71.7 Å². The Kier molecular flexibility index (Phi) is 3.79. The summed E-state index contributed by atoms with van der Waals surface area (Å²) in [4.78, 5) is 2.78. The minimum atomic E-state index is 0.955. The molecular formula is C10H8BrIS2. The van der Waals surface area contributed by atoms with Gasteiger partial charge in [-0.1, -0.05) is 15.9 Å². The van der Waals surface area contributed by atoms with Gasteiger partial charge in [0.1, 0.15) is 0 Å². The fraction of sp³-hybridized carbons (Fsp3) is 0.200. The van der Waals surface area contributed by atoms with Gasteiger partial charge >= 0.3 is 0 Å². The van der Waals surface area contributed by atoms with Crippen LogP contribution in [0, 0.1) is 3.57 Å². The highest BCUT2D eigenvalue weighted by atomic mass is 127. The maximum Gasteiger partial charge on any atom is 0.0377 e. The number of alkyl halides is 1. The molecule has 0 unspecified atom stereocenters. The lowest BCUT2D eigenvalue weighted by molar-refractivity contribution is 1.52. The molecule has 14 heavy (non-hydrogen) atoms. The molecule has 0 nitrogen and oxygen atoms in total. The monoisotopic (exact) mass is 398 g/mol. The Morgan fingerprint density at radius 3 is 2.86 bits per heavy atom. The van der Waals surface area contributed by atoms with Gasteiger partial charge in [0.2, 0.25) is 0 Å². The molecule has 0 spiro atoms. The molecule has 0 saturated carbocycles. The normalized spacial score (nSPS) is 11.1. The Hall–Kier alpha value is 0.740. The number of benzene rings is 1. The van der Waals surface area contributed by atoms with E-state index in [2.05, 4.69) is 63.0 Å². The summed E-state index contributed by atoms with van der Waals surface area (Å²) in [5.74, 6) is 0. The number of rotatable bonds is 2. The van der Waals surface area contributed by atoms with Crippen molar-refractivity contribution in [3.63, 3.8) is 0 Å². The molecule has 0 aliphatic carbocycles. The lowest BCUT2D eigenvalue weighted by atomic mass is 10.2. The van der Waals surface area contributed by atoms with Gasteiger partial charge in [0.25, 0.3) is 0 Å². The first-order valence-electron chi connectivity index (χ1n) is 4.06. The highest BCUT2D eigenvalue weighted by Gasteiger charge is 2.06. The van der Waals surface area contributed by atoms with Crippen molar-refractivity contribution in [3.8, 4) is 0 Å². The molecule has 0 saturated heterocycles. The van der Waals surface area contributed by atoms with Gasteiger partial charge in [0.05, 0.1) is 0 Å². The van der Waals surface area contributed by atoms with Crippen LogP contribution in [0.5, 0.6) is 0 Å². The van der Waals surface area contributed by atoms with Crippen molar-refractivity contribution in [3.05, 3.63) is 26.6 Å². The molecule has 2 aromatic rings. The number of thioether (sulfide) groups is 1. The molecule has 0 aliphatic rings. The Morgan fingerprint density at radius 1 is 1.43 bits per heavy atom. The van der Waals surface area contributed by atoms with Crippen LogP contribution >= 0.6 is 61.6 Å². The van der Waals surface area contributed by atoms with Crippen LogP contribution in [0.4, 0.5) is 0 Å². The van der Waals surface area contributed by atoms with Gasteiger partial charge in [0.15, 0.2) is 0 Å². The van der Waals surface area contributed by atoms with E-state index < -0.39 is 0 Å². The van der Waals surface area contributed by atoms with Crippen LogP contribution < -0.4 is 0 Å². The lowest BCUT2D eigenvalue weighted by Gasteiger charge is -1.99. The van der Waals surface area contributed by atoms with Crippen LogP contribution in [0.15, 0.2) is 23.1 Å². The molecule has 0 N–H and O–H groups in total. The summed E-state index contributed by atoms with van der Waals surface area (Å²) in [6.45, 7) is 0. The summed E-state index contributed by atoms with van der Waals surface area (Å²) in [6, 6.07) is 6.79. The third kappa shape index (κ3) is 2.13. The van der Waals surface area contributed by atoms with Crippen LogP contribution in [0.3, 0.4) is 0 Å². The third-order valence-electron chi connectivity index (χ3n) is 1.97. The largest absolute Gasteiger partial charge is 0.139 e. The number of hydrogen-bond acceptors (Lipinski definition) is 2. The maximum absolute atomic E-state index is 3.50. The fourth-order valence-corrected chi connectivity index (χ4v) is 4.59. The molecule has 0 fully saturated rings. The van der Waals surface area contributed by atoms with Crippen LogP contribution in [-0.2, 0) is 5.33 Å². The van der Waals surface area contributed by atoms with Crippen molar-refractivity contribution in [1.82, 2.24) is 0 Å². The average Bonchev–Trinajstić information content (AvgIpc) is 2.59. The SMILES string of the molecule is CSc1cc(I)cc2sc(CBr)cc12. The van der Waals surface area contributed by atoms with E-state index in [1.165, 1.54) is 23.4 Å². The van der Waals surface area contributed by atoms with E-state index in [1.807, 2.05) is 23.1 Å². The first kappa shape index (κ1) is 11.2. The van der Waals surface area contributed by atoms with Crippen LogP contribution in [0.25, 0.3) is 10.1 Å². The molecule has 1 heterocycles. The van der Waals surface area contributed by atoms with Gasteiger partial charge in [-0.2, -0.15) is 0 Å². The number of halogens is 2. The molecule has 0 bridgehead atoms. The van der Waals surface area contributed by atoms with Gasteiger partial charge in [-0.3, -0.25) is 0 Å². The highest BCUT2D eigenvalue weighted by Crippen LogP contribution is 2.35. The van der Waals surface area contributed by atoms with E-state index in [9.17, 15) is 0 Å². The van der Waals surface area contributed by atoms with Crippen LogP contribution in [-0.4, -0.2) is 6.26 Å². The lowest BCUT2D eigenvalue weighted by Crippen LogP contribution is -1.74. The first-order valence-corrected chi connectivity index (χ1v) is 8.30. The topological polar surface area (TPSA) is 0 Å². The number of fused-ring (bicyclic) bond motifs is 1. The minimum Gasteiger partial charge on any atom is -0.139 e. The van der Waals surface area contributed by atoms with Crippen molar-refractivity contribution in [1.29, 1.82) is 0 Å². The first-order chi connectivity index (χ1) is 6.74. The number of hydrogen-bond donors (Lipinski definition) is 0. The van der Waals surface area contributed by atoms with Crippen LogP contribution in [0.2, 0.25) is 0 Å². The minimum absolute atomic E-state index is 0.955. The zero-order valence-corrected chi connectivity index (χ0v) is 12.9. The quantitative estimate of drug-likeness (QED) is 0.384. The molecule has 0 amide bonds. The summed E-state index contributed by atoms with van der Waals surface area (Å²) >= 11 is 9.58. The Morgan fingerprint density at radius 2 is 2.21 bits per heavy atom. The van der Waals surface area contributed by atoms with Gasteiger partial charge in [-0.05, 0) is 47.0 Å². The fourth-order valence-electron chi connectivity index (χ4n) is 1.36. The van der Waals surface area contributed by atoms with Crippen molar-refractivity contribution in [2.24, 2.45) is 0 Å².